The summed E-state index contributed by atoms with van der Waals surface area (Å²) >= 11 is 0. The van der Waals surface area contributed by atoms with Crippen LogP contribution in [0.2, 0.25) is 0 Å². The van der Waals surface area contributed by atoms with Crippen molar-refractivity contribution < 1.29 is 19.4 Å². The summed E-state index contributed by atoms with van der Waals surface area (Å²) in [7, 11) is 0. The summed E-state index contributed by atoms with van der Waals surface area (Å²) in [6.45, 7) is 3.05. The first-order valence-electron chi connectivity index (χ1n) is 8.06. The standard InChI is InChI=1S/C17H23NO4/c19-17(20)13-5-1-3-7-15(13)21-11-9-18-10-12-22-16-8-4-2-6-14(16)18/h1,3,5,7,14,16H,2,4,6,8-12H2,(H,19,20). The monoisotopic (exact) mass is 305 g/mol. The fraction of sp³-hybridized carbons (Fsp3) is 0.588. The second-order valence-corrected chi connectivity index (χ2v) is 5.95. The number of para-hydroxylation sites is 1. The van der Waals surface area contributed by atoms with E-state index in [0.717, 1.165) is 26.1 Å². The minimum absolute atomic E-state index is 0.222. The fourth-order valence-corrected chi connectivity index (χ4v) is 3.50. The third kappa shape index (κ3) is 3.42. The number of carboxylic acids is 1. The Morgan fingerprint density at radius 3 is 3.00 bits per heavy atom. The number of morpholine rings is 1. The molecule has 0 amide bonds. The second-order valence-electron chi connectivity index (χ2n) is 5.95. The van der Waals surface area contributed by atoms with E-state index in [0.29, 0.717) is 24.5 Å². The maximum atomic E-state index is 11.2. The van der Waals surface area contributed by atoms with Gasteiger partial charge in [-0.3, -0.25) is 4.90 Å². The number of benzene rings is 1. The van der Waals surface area contributed by atoms with Crippen LogP contribution in [0, 0.1) is 0 Å². The summed E-state index contributed by atoms with van der Waals surface area (Å²) in [6, 6.07) is 7.30. The van der Waals surface area contributed by atoms with Crippen molar-refractivity contribution in [3.8, 4) is 5.75 Å². The van der Waals surface area contributed by atoms with Crippen LogP contribution >= 0.6 is 0 Å². The Morgan fingerprint density at radius 1 is 1.32 bits per heavy atom. The third-order valence-electron chi connectivity index (χ3n) is 4.60. The smallest absolute Gasteiger partial charge is 0.339 e. The normalized spacial score (nSPS) is 25.5. The molecule has 1 aromatic rings. The molecule has 5 heteroatoms. The summed E-state index contributed by atoms with van der Waals surface area (Å²) in [5, 5.41) is 9.16. The number of hydrogen-bond donors (Lipinski definition) is 1. The molecule has 1 aliphatic carbocycles. The lowest BCUT2D eigenvalue weighted by molar-refractivity contribution is -0.0901. The lowest BCUT2D eigenvalue weighted by Crippen LogP contribution is -2.53. The maximum absolute atomic E-state index is 11.2. The summed E-state index contributed by atoms with van der Waals surface area (Å²) in [4.78, 5) is 13.6. The summed E-state index contributed by atoms with van der Waals surface area (Å²) in [5.74, 6) is -0.502. The molecular weight excluding hydrogens is 282 g/mol. The highest BCUT2D eigenvalue weighted by atomic mass is 16.5. The van der Waals surface area contributed by atoms with Gasteiger partial charge in [-0.05, 0) is 25.0 Å². The molecule has 0 aromatic heterocycles. The Bertz CT molecular complexity index is 517. The third-order valence-corrected chi connectivity index (χ3v) is 4.60. The van der Waals surface area contributed by atoms with E-state index < -0.39 is 5.97 Å². The number of fused-ring (bicyclic) bond motifs is 1. The Labute approximate surface area is 130 Å². The molecule has 2 aliphatic rings. The molecule has 1 aliphatic heterocycles. The first-order valence-corrected chi connectivity index (χ1v) is 8.06. The number of carbonyl (C=O) groups is 1. The minimum Gasteiger partial charge on any atom is -0.491 e. The Hall–Kier alpha value is -1.59. The number of rotatable bonds is 5. The van der Waals surface area contributed by atoms with Crippen LogP contribution in [0.1, 0.15) is 36.0 Å². The zero-order valence-corrected chi connectivity index (χ0v) is 12.7. The molecule has 22 heavy (non-hydrogen) atoms. The number of hydrogen-bond acceptors (Lipinski definition) is 4. The van der Waals surface area contributed by atoms with Gasteiger partial charge in [-0.2, -0.15) is 0 Å². The van der Waals surface area contributed by atoms with Crippen LogP contribution in [-0.4, -0.2) is 54.4 Å². The van der Waals surface area contributed by atoms with Crippen molar-refractivity contribution in [2.75, 3.05) is 26.3 Å². The van der Waals surface area contributed by atoms with Gasteiger partial charge in [0.2, 0.25) is 0 Å². The number of ether oxygens (including phenoxy) is 2. The highest BCUT2D eigenvalue weighted by Crippen LogP contribution is 2.28. The van der Waals surface area contributed by atoms with Crippen LogP contribution in [0.4, 0.5) is 0 Å². The van der Waals surface area contributed by atoms with Gasteiger partial charge in [0.05, 0.1) is 12.7 Å². The molecule has 1 saturated carbocycles. The average Bonchev–Trinajstić information content (AvgIpc) is 2.55. The Balaban J connectivity index is 1.55. The molecule has 1 saturated heterocycles. The molecule has 0 spiro atoms. The number of aromatic carboxylic acids is 1. The molecule has 1 aromatic carbocycles. The predicted octanol–water partition coefficient (Wildman–Crippen LogP) is 2.41. The average molecular weight is 305 g/mol. The topological polar surface area (TPSA) is 59.0 Å². The van der Waals surface area contributed by atoms with E-state index in [1.54, 1.807) is 24.3 Å². The van der Waals surface area contributed by atoms with Crippen molar-refractivity contribution in [1.82, 2.24) is 4.90 Å². The maximum Gasteiger partial charge on any atom is 0.339 e. The molecule has 5 nitrogen and oxygen atoms in total. The first kappa shape index (κ1) is 15.3. The van der Waals surface area contributed by atoms with Crippen molar-refractivity contribution >= 4 is 5.97 Å². The van der Waals surface area contributed by atoms with Crippen LogP contribution in [0.25, 0.3) is 0 Å². The van der Waals surface area contributed by atoms with Gasteiger partial charge in [-0.15, -0.1) is 0 Å². The molecule has 0 bridgehead atoms. The minimum atomic E-state index is -0.950. The van der Waals surface area contributed by atoms with Crippen LogP contribution in [0.15, 0.2) is 24.3 Å². The quantitative estimate of drug-likeness (QED) is 0.905. The van der Waals surface area contributed by atoms with Crippen LogP contribution < -0.4 is 4.74 Å². The molecule has 2 unspecified atom stereocenters. The van der Waals surface area contributed by atoms with E-state index in [4.69, 9.17) is 14.6 Å². The Morgan fingerprint density at radius 2 is 2.14 bits per heavy atom. The Kier molecular flexibility index (Phi) is 4.95. The van der Waals surface area contributed by atoms with Gasteiger partial charge in [0.25, 0.3) is 0 Å². The van der Waals surface area contributed by atoms with Crippen LogP contribution in [0.5, 0.6) is 5.75 Å². The van der Waals surface area contributed by atoms with Gasteiger partial charge >= 0.3 is 5.97 Å². The van der Waals surface area contributed by atoms with Gasteiger partial charge in [0, 0.05) is 19.1 Å². The van der Waals surface area contributed by atoms with Crippen molar-refractivity contribution in [2.24, 2.45) is 0 Å². The molecule has 2 fully saturated rings. The van der Waals surface area contributed by atoms with Gasteiger partial charge in [-0.1, -0.05) is 25.0 Å². The fourth-order valence-electron chi connectivity index (χ4n) is 3.50. The van der Waals surface area contributed by atoms with Gasteiger partial charge in [-0.25, -0.2) is 4.79 Å². The van der Waals surface area contributed by atoms with Crippen molar-refractivity contribution in [3.05, 3.63) is 29.8 Å². The molecular formula is C17H23NO4. The molecule has 3 rings (SSSR count). The first-order chi connectivity index (χ1) is 10.8. The van der Waals surface area contributed by atoms with Crippen molar-refractivity contribution in [1.29, 1.82) is 0 Å². The van der Waals surface area contributed by atoms with E-state index in [2.05, 4.69) is 4.90 Å². The summed E-state index contributed by atoms with van der Waals surface area (Å²) in [6.07, 6.45) is 5.25. The molecule has 2 atom stereocenters. The second kappa shape index (κ2) is 7.11. The van der Waals surface area contributed by atoms with Crippen LogP contribution in [-0.2, 0) is 4.74 Å². The molecule has 120 valence electrons. The molecule has 1 heterocycles. The summed E-state index contributed by atoms with van der Waals surface area (Å²) < 4.78 is 11.6. The summed E-state index contributed by atoms with van der Waals surface area (Å²) in [5.41, 5.74) is 0.222. The number of carboxylic acid groups (broad SMARTS) is 1. The lowest BCUT2D eigenvalue weighted by atomic mass is 9.90. The highest BCUT2D eigenvalue weighted by molar-refractivity contribution is 5.90. The molecule has 0 radical (unpaired) electrons. The van der Waals surface area contributed by atoms with E-state index in [1.165, 1.54) is 19.3 Å². The van der Waals surface area contributed by atoms with Gasteiger partial charge in [0.15, 0.2) is 0 Å². The SMILES string of the molecule is O=C(O)c1ccccc1OCCN1CCOC2CCCCC21. The largest absolute Gasteiger partial charge is 0.491 e. The zero-order valence-electron chi connectivity index (χ0n) is 12.7. The van der Waals surface area contributed by atoms with E-state index in [1.807, 2.05) is 0 Å². The van der Waals surface area contributed by atoms with Gasteiger partial charge in [0.1, 0.15) is 17.9 Å². The van der Waals surface area contributed by atoms with E-state index in [9.17, 15) is 4.79 Å². The number of nitrogens with zero attached hydrogens (tertiary/aromatic N) is 1. The lowest BCUT2D eigenvalue weighted by Gasteiger charge is -2.43. The predicted molar refractivity (Wildman–Crippen MR) is 82.5 cm³/mol. The van der Waals surface area contributed by atoms with Gasteiger partial charge < -0.3 is 14.6 Å². The highest BCUT2D eigenvalue weighted by Gasteiger charge is 2.33. The van der Waals surface area contributed by atoms with Crippen molar-refractivity contribution in [3.63, 3.8) is 0 Å². The molecule has 1 N–H and O–H groups in total. The van der Waals surface area contributed by atoms with E-state index >= 15 is 0 Å². The van der Waals surface area contributed by atoms with Crippen LogP contribution in [0.3, 0.4) is 0 Å². The zero-order chi connectivity index (χ0) is 15.4. The van der Waals surface area contributed by atoms with Crippen molar-refractivity contribution in [2.45, 2.75) is 37.8 Å². The van der Waals surface area contributed by atoms with E-state index in [-0.39, 0.29) is 5.56 Å².